The fourth-order valence-electron chi connectivity index (χ4n) is 2.65. The molecule has 0 heterocycles. The van der Waals surface area contributed by atoms with Crippen LogP contribution in [0.1, 0.15) is 40.5 Å². The molecule has 0 radical (unpaired) electrons. The van der Waals surface area contributed by atoms with Crippen LogP contribution in [0.25, 0.3) is 0 Å². The Morgan fingerprint density at radius 1 is 1.31 bits per heavy atom. The summed E-state index contributed by atoms with van der Waals surface area (Å²) in [6.07, 6.45) is 2.22. The van der Waals surface area contributed by atoms with E-state index in [4.69, 9.17) is 5.11 Å². The summed E-state index contributed by atoms with van der Waals surface area (Å²) in [5.74, 6) is 0.0498. The van der Waals surface area contributed by atoms with E-state index in [1.54, 1.807) is 0 Å². The minimum Gasteiger partial charge on any atom is -0.481 e. The van der Waals surface area contributed by atoms with Gasteiger partial charge in [0.2, 0.25) is 0 Å². The fraction of sp³-hybridized carbons (Fsp3) is 0.909. The molecule has 0 aromatic rings. The third-order valence-corrected chi connectivity index (χ3v) is 3.96. The van der Waals surface area contributed by atoms with Crippen LogP contribution < -0.4 is 0 Å². The maximum Gasteiger partial charge on any atom is 0.307 e. The molecule has 3 atom stereocenters. The molecule has 0 saturated heterocycles. The first kappa shape index (κ1) is 10.6. The molecule has 13 heavy (non-hydrogen) atoms. The number of aliphatic carboxylic acids is 1. The van der Waals surface area contributed by atoms with Gasteiger partial charge in [-0.3, -0.25) is 4.79 Å². The molecule has 1 fully saturated rings. The van der Waals surface area contributed by atoms with Crippen LogP contribution in [0, 0.1) is 23.2 Å². The maximum absolute atomic E-state index is 11.1. The molecule has 76 valence electrons. The Bertz CT molecular complexity index is 208. The summed E-state index contributed by atoms with van der Waals surface area (Å²) in [6.45, 7) is 8.41. The first-order chi connectivity index (χ1) is 5.87. The van der Waals surface area contributed by atoms with Crippen molar-refractivity contribution >= 4 is 5.97 Å². The van der Waals surface area contributed by atoms with E-state index in [0.717, 1.165) is 12.8 Å². The molecule has 0 spiro atoms. The molecule has 1 rings (SSSR count). The Balaban J connectivity index is 2.91. The first-order valence-corrected chi connectivity index (χ1v) is 5.10. The summed E-state index contributed by atoms with van der Waals surface area (Å²) in [5.41, 5.74) is -0.0521. The van der Waals surface area contributed by atoms with Crippen LogP contribution >= 0.6 is 0 Å². The van der Waals surface area contributed by atoms with Crippen molar-refractivity contribution in [1.29, 1.82) is 0 Å². The predicted octanol–water partition coefficient (Wildman–Crippen LogP) is 2.78. The number of hydrogen-bond acceptors (Lipinski definition) is 1. The van der Waals surface area contributed by atoms with Crippen LogP contribution in [-0.4, -0.2) is 11.1 Å². The summed E-state index contributed by atoms with van der Waals surface area (Å²) < 4.78 is 0. The highest BCUT2D eigenvalue weighted by atomic mass is 16.4. The van der Waals surface area contributed by atoms with Crippen LogP contribution in [0.4, 0.5) is 0 Å². The van der Waals surface area contributed by atoms with Gasteiger partial charge in [0, 0.05) is 0 Å². The van der Waals surface area contributed by atoms with Gasteiger partial charge in [-0.25, -0.2) is 0 Å². The van der Waals surface area contributed by atoms with Gasteiger partial charge >= 0.3 is 5.97 Å². The van der Waals surface area contributed by atoms with E-state index in [0.29, 0.717) is 11.8 Å². The topological polar surface area (TPSA) is 37.3 Å². The zero-order chi connectivity index (χ0) is 10.2. The number of carbonyl (C=O) groups is 1. The van der Waals surface area contributed by atoms with Crippen molar-refractivity contribution in [2.24, 2.45) is 23.2 Å². The Morgan fingerprint density at radius 2 is 1.85 bits per heavy atom. The fourth-order valence-corrected chi connectivity index (χ4v) is 2.65. The van der Waals surface area contributed by atoms with E-state index in [1.807, 2.05) is 0 Å². The van der Waals surface area contributed by atoms with Crippen molar-refractivity contribution in [3.05, 3.63) is 0 Å². The van der Waals surface area contributed by atoms with Crippen molar-refractivity contribution < 1.29 is 9.90 Å². The van der Waals surface area contributed by atoms with Crippen LogP contribution in [0.3, 0.4) is 0 Å². The van der Waals surface area contributed by atoms with Gasteiger partial charge in [0.1, 0.15) is 0 Å². The van der Waals surface area contributed by atoms with Crippen molar-refractivity contribution in [1.82, 2.24) is 0 Å². The Labute approximate surface area is 80.3 Å². The summed E-state index contributed by atoms with van der Waals surface area (Å²) >= 11 is 0. The highest BCUT2D eigenvalue weighted by Gasteiger charge is 2.45. The van der Waals surface area contributed by atoms with Crippen molar-refractivity contribution in [3.63, 3.8) is 0 Å². The van der Waals surface area contributed by atoms with Gasteiger partial charge in [0.05, 0.1) is 5.92 Å². The second kappa shape index (κ2) is 3.32. The highest BCUT2D eigenvalue weighted by Crippen LogP contribution is 2.47. The number of carboxylic acids is 1. The molecular weight excluding hydrogens is 164 g/mol. The molecule has 0 aromatic carbocycles. The lowest BCUT2D eigenvalue weighted by molar-refractivity contribution is -0.153. The van der Waals surface area contributed by atoms with Gasteiger partial charge in [0.25, 0.3) is 0 Å². The lowest BCUT2D eigenvalue weighted by Crippen LogP contribution is -2.43. The molecule has 2 heteroatoms. The van der Waals surface area contributed by atoms with Crippen molar-refractivity contribution in [2.75, 3.05) is 0 Å². The third kappa shape index (κ3) is 1.72. The van der Waals surface area contributed by atoms with Crippen LogP contribution in [0.15, 0.2) is 0 Å². The minimum atomic E-state index is -0.621. The highest BCUT2D eigenvalue weighted by molar-refractivity contribution is 5.71. The zero-order valence-corrected chi connectivity index (χ0v) is 9.00. The molecule has 0 amide bonds. The van der Waals surface area contributed by atoms with Gasteiger partial charge in [-0.2, -0.15) is 0 Å². The summed E-state index contributed by atoms with van der Waals surface area (Å²) in [4.78, 5) is 11.1. The molecule has 2 nitrogen and oxygen atoms in total. The molecule has 1 N–H and O–H groups in total. The van der Waals surface area contributed by atoms with Crippen LogP contribution in [0.2, 0.25) is 0 Å². The Hall–Kier alpha value is -0.530. The zero-order valence-electron chi connectivity index (χ0n) is 9.00. The van der Waals surface area contributed by atoms with Crippen LogP contribution in [0.5, 0.6) is 0 Å². The standard InChI is InChI=1S/C11H20O2/c1-7-5-6-8(2)11(3,4)9(7)10(12)13/h7-9H,5-6H2,1-4H3,(H,12,13)/t7-,8+,9-/m0/s1. The molecule has 0 unspecified atom stereocenters. The lowest BCUT2D eigenvalue weighted by atomic mass is 9.59. The summed E-state index contributed by atoms with van der Waals surface area (Å²) in [7, 11) is 0. The molecule has 1 saturated carbocycles. The third-order valence-electron chi connectivity index (χ3n) is 3.96. The normalized spacial score (nSPS) is 38.6. The minimum absolute atomic E-state index is 0.0521. The SMILES string of the molecule is C[C@@H]1CC[C@H](C)[C@@H](C(=O)O)C1(C)C. The lowest BCUT2D eigenvalue weighted by Gasteiger charge is -2.45. The van der Waals surface area contributed by atoms with Gasteiger partial charge in [-0.15, -0.1) is 0 Å². The summed E-state index contributed by atoms with van der Waals surface area (Å²) in [6, 6.07) is 0. The molecule has 1 aliphatic carbocycles. The molecule has 0 aliphatic heterocycles. The van der Waals surface area contributed by atoms with Gasteiger partial charge in [0.15, 0.2) is 0 Å². The number of hydrogen-bond donors (Lipinski definition) is 1. The second-order valence-electron chi connectivity index (χ2n) is 5.09. The average molecular weight is 184 g/mol. The smallest absolute Gasteiger partial charge is 0.307 e. The average Bonchev–Trinajstić information content (AvgIpc) is 1.96. The number of rotatable bonds is 1. The monoisotopic (exact) mass is 184 g/mol. The maximum atomic E-state index is 11.1. The van der Waals surface area contributed by atoms with E-state index in [-0.39, 0.29) is 11.3 Å². The molecule has 1 aliphatic rings. The van der Waals surface area contributed by atoms with E-state index in [1.165, 1.54) is 0 Å². The number of carboxylic acid groups (broad SMARTS) is 1. The molecule has 0 bridgehead atoms. The van der Waals surface area contributed by atoms with Gasteiger partial charge < -0.3 is 5.11 Å². The first-order valence-electron chi connectivity index (χ1n) is 5.10. The Morgan fingerprint density at radius 3 is 2.23 bits per heavy atom. The Kier molecular flexibility index (Phi) is 2.69. The van der Waals surface area contributed by atoms with Gasteiger partial charge in [-0.05, 0) is 30.1 Å². The van der Waals surface area contributed by atoms with E-state index < -0.39 is 5.97 Å². The summed E-state index contributed by atoms with van der Waals surface area (Å²) in [5, 5.41) is 9.16. The largest absolute Gasteiger partial charge is 0.481 e. The predicted molar refractivity (Wildman–Crippen MR) is 52.5 cm³/mol. The molecule has 0 aromatic heterocycles. The quantitative estimate of drug-likeness (QED) is 0.680. The van der Waals surface area contributed by atoms with Crippen molar-refractivity contribution in [3.8, 4) is 0 Å². The van der Waals surface area contributed by atoms with Gasteiger partial charge in [-0.1, -0.05) is 27.7 Å². The van der Waals surface area contributed by atoms with Crippen LogP contribution in [-0.2, 0) is 4.79 Å². The van der Waals surface area contributed by atoms with E-state index >= 15 is 0 Å². The van der Waals surface area contributed by atoms with E-state index in [9.17, 15) is 4.79 Å². The second-order valence-corrected chi connectivity index (χ2v) is 5.09. The molecular formula is C11H20O2. The van der Waals surface area contributed by atoms with E-state index in [2.05, 4.69) is 27.7 Å². The van der Waals surface area contributed by atoms with Crippen molar-refractivity contribution in [2.45, 2.75) is 40.5 Å².